The zero-order valence-corrected chi connectivity index (χ0v) is 14.7. The van der Waals surface area contributed by atoms with Gasteiger partial charge in [0.15, 0.2) is 0 Å². The van der Waals surface area contributed by atoms with Crippen molar-refractivity contribution in [2.75, 3.05) is 0 Å². The number of rotatable bonds is 5. The molecule has 0 radical (unpaired) electrons. The molecule has 0 heterocycles. The molecular formula is C16H26O4Si. The highest BCUT2D eigenvalue weighted by Crippen LogP contribution is 2.37. The van der Waals surface area contributed by atoms with Crippen molar-refractivity contribution in [1.29, 1.82) is 0 Å². The van der Waals surface area contributed by atoms with Crippen molar-refractivity contribution in [3.63, 3.8) is 0 Å². The molecule has 5 heteroatoms. The molecule has 118 valence electrons. The van der Waals surface area contributed by atoms with E-state index >= 15 is 0 Å². The molecule has 0 bridgehead atoms. The van der Waals surface area contributed by atoms with Crippen LogP contribution < -0.4 is 4.43 Å². The smallest absolute Gasteiger partial charge is 0.309 e. The van der Waals surface area contributed by atoms with E-state index in [9.17, 15) is 9.90 Å². The molecule has 0 aromatic heterocycles. The lowest BCUT2D eigenvalue weighted by Crippen LogP contribution is -2.43. The van der Waals surface area contributed by atoms with Gasteiger partial charge in [0.2, 0.25) is 8.32 Å². The summed E-state index contributed by atoms with van der Waals surface area (Å²) in [7, 11) is -1.89. The van der Waals surface area contributed by atoms with Crippen LogP contribution >= 0.6 is 0 Å². The highest BCUT2D eigenvalue weighted by atomic mass is 28.4. The minimum Gasteiger partial charge on any atom is -0.544 e. The Hall–Kier alpha value is -1.33. The highest BCUT2D eigenvalue weighted by Gasteiger charge is 2.38. The molecule has 0 saturated heterocycles. The van der Waals surface area contributed by atoms with Crippen molar-refractivity contribution in [2.24, 2.45) is 5.92 Å². The number of benzene rings is 1. The average molecular weight is 310 g/mol. The number of carboxylic acids is 1. The summed E-state index contributed by atoms with van der Waals surface area (Å²) in [5, 5.41) is 19.0. The first-order chi connectivity index (χ1) is 9.45. The summed E-state index contributed by atoms with van der Waals surface area (Å²) in [6.07, 6.45) is -1.01. The van der Waals surface area contributed by atoms with Gasteiger partial charge >= 0.3 is 5.97 Å². The molecule has 0 aliphatic rings. The Morgan fingerprint density at radius 3 is 2.05 bits per heavy atom. The van der Waals surface area contributed by atoms with Crippen LogP contribution in [0.2, 0.25) is 18.1 Å². The second kappa shape index (κ2) is 6.20. The van der Waals surface area contributed by atoms with Crippen LogP contribution in [0.3, 0.4) is 0 Å². The number of aliphatic hydroxyl groups excluding tert-OH is 1. The molecule has 0 fully saturated rings. The van der Waals surface area contributed by atoms with Crippen molar-refractivity contribution in [2.45, 2.75) is 51.9 Å². The van der Waals surface area contributed by atoms with E-state index in [1.807, 2.05) is 0 Å². The van der Waals surface area contributed by atoms with E-state index in [0.29, 0.717) is 5.56 Å². The molecule has 1 unspecified atom stereocenters. The Morgan fingerprint density at radius 1 is 1.19 bits per heavy atom. The SMILES string of the molecule is CC(C(=O)O)[C@H](O)c1ccc(O[Si](C)(C)C(C)(C)C)cc1. The lowest BCUT2D eigenvalue weighted by atomic mass is 9.98. The van der Waals surface area contributed by atoms with Crippen molar-refractivity contribution in [1.82, 2.24) is 0 Å². The van der Waals surface area contributed by atoms with Gasteiger partial charge in [-0.05, 0) is 42.8 Å². The number of carboxylic acid groups (broad SMARTS) is 1. The van der Waals surface area contributed by atoms with Crippen LogP contribution in [0.15, 0.2) is 24.3 Å². The molecule has 0 amide bonds. The first-order valence-electron chi connectivity index (χ1n) is 7.15. The van der Waals surface area contributed by atoms with Crippen LogP contribution in [0, 0.1) is 5.92 Å². The molecule has 1 aromatic carbocycles. The Balaban J connectivity index is 2.86. The summed E-state index contributed by atoms with van der Waals surface area (Å²) in [6.45, 7) is 12.3. The van der Waals surface area contributed by atoms with Gasteiger partial charge in [-0.25, -0.2) is 0 Å². The van der Waals surface area contributed by atoms with Crippen LogP contribution in [0.1, 0.15) is 39.4 Å². The average Bonchev–Trinajstić information content (AvgIpc) is 2.36. The van der Waals surface area contributed by atoms with Gasteiger partial charge < -0.3 is 14.6 Å². The molecule has 0 aliphatic heterocycles. The maximum absolute atomic E-state index is 10.9. The molecule has 2 N–H and O–H groups in total. The summed E-state index contributed by atoms with van der Waals surface area (Å²) in [5.74, 6) is -1.08. The van der Waals surface area contributed by atoms with Crippen LogP contribution in [-0.4, -0.2) is 24.5 Å². The third kappa shape index (κ3) is 4.31. The summed E-state index contributed by atoms with van der Waals surface area (Å²) >= 11 is 0. The first kappa shape index (κ1) is 17.7. The summed E-state index contributed by atoms with van der Waals surface area (Å²) < 4.78 is 6.15. The lowest BCUT2D eigenvalue weighted by molar-refractivity contribution is -0.145. The summed E-state index contributed by atoms with van der Waals surface area (Å²) in [4.78, 5) is 10.9. The predicted molar refractivity (Wildman–Crippen MR) is 86.0 cm³/mol. The zero-order chi connectivity index (χ0) is 16.4. The van der Waals surface area contributed by atoms with Crippen molar-refractivity contribution in [3.8, 4) is 5.75 Å². The van der Waals surface area contributed by atoms with E-state index in [1.165, 1.54) is 6.92 Å². The fourth-order valence-electron chi connectivity index (χ4n) is 1.60. The Bertz CT molecular complexity index is 488. The zero-order valence-electron chi connectivity index (χ0n) is 13.7. The van der Waals surface area contributed by atoms with Gasteiger partial charge in [-0.2, -0.15) is 0 Å². The van der Waals surface area contributed by atoms with Crippen molar-refractivity contribution in [3.05, 3.63) is 29.8 Å². The molecule has 4 nitrogen and oxygen atoms in total. The Labute approximate surface area is 127 Å². The number of aliphatic carboxylic acids is 1. The van der Waals surface area contributed by atoms with Gasteiger partial charge in [-0.3, -0.25) is 4.79 Å². The summed E-state index contributed by atoms with van der Waals surface area (Å²) in [5.41, 5.74) is 0.590. The molecule has 0 saturated carbocycles. The van der Waals surface area contributed by atoms with Gasteiger partial charge in [-0.15, -0.1) is 0 Å². The quantitative estimate of drug-likeness (QED) is 0.811. The molecule has 21 heavy (non-hydrogen) atoms. The normalized spacial score (nSPS) is 15.4. The summed E-state index contributed by atoms with van der Waals surface area (Å²) in [6, 6.07) is 7.06. The molecule has 2 atom stereocenters. The van der Waals surface area contributed by atoms with Crippen LogP contribution in [0.25, 0.3) is 0 Å². The van der Waals surface area contributed by atoms with Crippen LogP contribution in [0.4, 0.5) is 0 Å². The number of hydrogen-bond acceptors (Lipinski definition) is 3. The van der Waals surface area contributed by atoms with Gasteiger partial charge in [0.25, 0.3) is 0 Å². The molecule has 1 rings (SSSR count). The molecule has 0 spiro atoms. The van der Waals surface area contributed by atoms with Crippen molar-refractivity contribution < 1.29 is 19.4 Å². The second-order valence-electron chi connectivity index (χ2n) is 7.00. The predicted octanol–water partition coefficient (Wildman–Crippen LogP) is 3.82. The maximum atomic E-state index is 10.9. The van der Waals surface area contributed by atoms with E-state index in [4.69, 9.17) is 9.53 Å². The minimum atomic E-state index is -1.89. The Kier molecular flexibility index (Phi) is 5.23. The largest absolute Gasteiger partial charge is 0.544 e. The maximum Gasteiger partial charge on any atom is 0.309 e. The topological polar surface area (TPSA) is 66.8 Å². The third-order valence-corrected chi connectivity index (χ3v) is 8.62. The van der Waals surface area contributed by atoms with Gasteiger partial charge in [-0.1, -0.05) is 32.9 Å². The van der Waals surface area contributed by atoms with Gasteiger partial charge in [0.1, 0.15) is 5.75 Å². The first-order valence-corrected chi connectivity index (χ1v) is 10.1. The van der Waals surface area contributed by atoms with E-state index in [1.54, 1.807) is 24.3 Å². The number of aliphatic hydroxyl groups is 1. The second-order valence-corrected chi connectivity index (χ2v) is 11.7. The molecular weight excluding hydrogens is 284 g/mol. The van der Waals surface area contributed by atoms with E-state index in [2.05, 4.69) is 33.9 Å². The monoisotopic (exact) mass is 310 g/mol. The van der Waals surface area contributed by atoms with Crippen LogP contribution in [0.5, 0.6) is 5.75 Å². The highest BCUT2D eigenvalue weighted by molar-refractivity contribution is 6.74. The third-order valence-electron chi connectivity index (χ3n) is 4.26. The van der Waals surface area contributed by atoms with E-state index in [0.717, 1.165) is 5.75 Å². The number of carbonyl (C=O) groups is 1. The van der Waals surface area contributed by atoms with Gasteiger partial charge in [0.05, 0.1) is 12.0 Å². The van der Waals surface area contributed by atoms with E-state index in [-0.39, 0.29) is 5.04 Å². The molecule has 1 aromatic rings. The van der Waals surface area contributed by atoms with Gasteiger partial charge in [0, 0.05) is 0 Å². The van der Waals surface area contributed by atoms with Crippen LogP contribution in [-0.2, 0) is 4.79 Å². The standard InChI is InChI=1S/C16H26O4Si/c1-11(15(18)19)14(17)12-7-9-13(10-8-12)20-21(5,6)16(2,3)4/h7-11,14,17H,1-6H3,(H,18,19)/t11?,14-/m0/s1. The minimum absolute atomic E-state index is 0.114. The fraction of sp³-hybridized carbons (Fsp3) is 0.562. The number of hydrogen-bond donors (Lipinski definition) is 2. The Morgan fingerprint density at radius 2 is 1.67 bits per heavy atom. The lowest BCUT2D eigenvalue weighted by Gasteiger charge is -2.36. The van der Waals surface area contributed by atoms with Crippen molar-refractivity contribution >= 4 is 14.3 Å². The fourth-order valence-corrected chi connectivity index (χ4v) is 2.64. The van der Waals surface area contributed by atoms with E-state index < -0.39 is 26.3 Å². The molecule has 0 aliphatic carbocycles.